The van der Waals surface area contributed by atoms with Gasteiger partial charge in [0.05, 0.1) is 11.5 Å². The van der Waals surface area contributed by atoms with Crippen molar-refractivity contribution < 1.29 is 22.7 Å². The summed E-state index contributed by atoms with van der Waals surface area (Å²) in [6.07, 6.45) is 0. The molecule has 0 aromatic heterocycles. The molecule has 0 fully saturated rings. The van der Waals surface area contributed by atoms with Gasteiger partial charge in [0.15, 0.2) is 0 Å². The number of hydrogen-bond donors (Lipinski definition) is 1. The molecule has 7 nitrogen and oxygen atoms in total. The third-order valence-corrected chi connectivity index (χ3v) is 4.64. The molecule has 0 spiro atoms. The van der Waals surface area contributed by atoms with Crippen LogP contribution in [0.3, 0.4) is 0 Å². The Morgan fingerprint density at radius 2 is 1.95 bits per heavy atom. The number of carbonyl (C=O) groups excluding carboxylic acids is 2. The van der Waals surface area contributed by atoms with Gasteiger partial charge in [-0.1, -0.05) is 6.07 Å². The van der Waals surface area contributed by atoms with E-state index in [9.17, 15) is 18.0 Å². The first-order valence-electron chi connectivity index (χ1n) is 6.22. The molecule has 1 amide bonds. The van der Waals surface area contributed by atoms with Crippen molar-refractivity contribution in [3.63, 3.8) is 0 Å². The van der Waals surface area contributed by atoms with Crippen LogP contribution in [0, 0.1) is 6.92 Å². The van der Waals surface area contributed by atoms with Crippen LogP contribution in [0.25, 0.3) is 0 Å². The molecule has 1 aromatic carbocycles. The molecule has 0 aliphatic rings. The summed E-state index contributed by atoms with van der Waals surface area (Å²) in [7, 11) is -2.64. The number of benzene rings is 1. The smallest absolute Gasteiger partial charge is 0.321 e. The number of esters is 1. The molecule has 2 N–H and O–H groups in total. The van der Waals surface area contributed by atoms with Crippen LogP contribution < -0.4 is 5.73 Å². The lowest BCUT2D eigenvalue weighted by Crippen LogP contribution is -2.33. The first-order chi connectivity index (χ1) is 9.70. The fourth-order valence-electron chi connectivity index (χ4n) is 1.68. The van der Waals surface area contributed by atoms with Crippen molar-refractivity contribution >= 4 is 21.9 Å². The van der Waals surface area contributed by atoms with Gasteiger partial charge in [-0.2, -0.15) is 4.31 Å². The quantitative estimate of drug-likeness (QED) is 0.759. The van der Waals surface area contributed by atoms with E-state index < -0.39 is 28.4 Å². The predicted octanol–water partition coefficient (Wildman–Crippen LogP) is 0.278. The van der Waals surface area contributed by atoms with Crippen LogP contribution in [0.15, 0.2) is 23.1 Å². The number of ether oxygens (including phenoxy) is 1. The second-order valence-electron chi connectivity index (χ2n) is 4.41. The van der Waals surface area contributed by atoms with E-state index in [2.05, 4.69) is 0 Å². The summed E-state index contributed by atoms with van der Waals surface area (Å²) in [6, 6.07) is 4.05. The summed E-state index contributed by atoms with van der Waals surface area (Å²) in [6.45, 7) is 3.05. The Bertz CT molecular complexity index is 655. The molecule has 21 heavy (non-hydrogen) atoms. The van der Waals surface area contributed by atoms with E-state index in [0.29, 0.717) is 5.56 Å². The van der Waals surface area contributed by atoms with Crippen molar-refractivity contribution in [3.8, 4) is 0 Å². The van der Waals surface area contributed by atoms with Gasteiger partial charge < -0.3 is 10.5 Å². The summed E-state index contributed by atoms with van der Waals surface area (Å²) in [5.74, 6) is -1.36. The van der Waals surface area contributed by atoms with Crippen LogP contribution >= 0.6 is 0 Å². The van der Waals surface area contributed by atoms with E-state index in [0.717, 1.165) is 4.31 Å². The number of nitrogens with zero attached hydrogens (tertiary/aromatic N) is 1. The topological polar surface area (TPSA) is 107 Å². The standard InChI is InChI=1S/C13H18N2O5S/c1-4-20-12(16)8-15(3)21(18,19)10-6-5-9(2)11(7-10)13(14)17/h5-7H,4,8H2,1-3H3,(H2,14,17). The molecule has 0 saturated carbocycles. The largest absolute Gasteiger partial charge is 0.465 e. The minimum Gasteiger partial charge on any atom is -0.465 e. The Kier molecular flexibility index (Phi) is 5.45. The number of rotatable bonds is 6. The summed E-state index contributed by atoms with van der Waals surface area (Å²) in [5, 5.41) is 0. The molecule has 8 heteroatoms. The lowest BCUT2D eigenvalue weighted by Gasteiger charge is -2.17. The Morgan fingerprint density at radius 1 is 1.33 bits per heavy atom. The molecule has 1 aromatic rings. The number of amides is 1. The third kappa shape index (κ3) is 4.02. The average molecular weight is 314 g/mol. The molecule has 0 radical (unpaired) electrons. The van der Waals surface area contributed by atoms with Crippen molar-refractivity contribution in [2.75, 3.05) is 20.2 Å². The van der Waals surface area contributed by atoms with Gasteiger partial charge in [-0.15, -0.1) is 0 Å². The molecule has 0 aliphatic carbocycles. The zero-order valence-corrected chi connectivity index (χ0v) is 12.9. The van der Waals surface area contributed by atoms with E-state index in [1.807, 2.05) is 0 Å². The number of likely N-dealkylation sites (N-methyl/N-ethyl adjacent to an activating group) is 1. The van der Waals surface area contributed by atoms with Crippen molar-refractivity contribution in [2.45, 2.75) is 18.7 Å². The summed E-state index contributed by atoms with van der Waals surface area (Å²) in [5.41, 5.74) is 5.91. The fraction of sp³-hybridized carbons (Fsp3) is 0.385. The van der Waals surface area contributed by atoms with Gasteiger partial charge >= 0.3 is 5.97 Å². The van der Waals surface area contributed by atoms with Gasteiger partial charge in [-0.3, -0.25) is 9.59 Å². The maximum atomic E-state index is 12.3. The van der Waals surface area contributed by atoms with E-state index in [-0.39, 0.29) is 17.1 Å². The van der Waals surface area contributed by atoms with Gasteiger partial charge in [0.2, 0.25) is 15.9 Å². The Balaban J connectivity index is 3.10. The Morgan fingerprint density at radius 3 is 2.48 bits per heavy atom. The Labute approximate surface area is 123 Å². The van der Waals surface area contributed by atoms with Crippen LogP contribution in [0.1, 0.15) is 22.8 Å². The van der Waals surface area contributed by atoms with Gasteiger partial charge in [-0.25, -0.2) is 8.42 Å². The zero-order valence-electron chi connectivity index (χ0n) is 12.1. The van der Waals surface area contributed by atoms with Crippen LogP contribution in [-0.2, 0) is 19.6 Å². The second kappa shape index (κ2) is 6.68. The van der Waals surface area contributed by atoms with E-state index in [1.54, 1.807) is 13.8 Å². The monoisotopic (exact) mass is 314 g/mol. The molecular weight excluding hydrogens is 296 g/mol. The SMILES string of the molecule is CCOC(=O)CN(C)S(=O)(=O)c1ccc(C)c(C(N)=O)c1. The Hall–Kier alpha value is -1.93. The zero-order chi connectivity index (χ0) is 16.2. The number of aryl methyl sites for hydroxylation is 1. The maximum absolute atomic E-state index is 12.3. The molecule has 0 heterocycles. The fourth-order valence-corrected chi connectivity index (χ4v) is 2.82. The van der Waals surface area contributed by atoms with E-state index in [4.69, 9.17) is 10.5 Å². The predicted molar refractivity (Wildman–Crippen MR) is 76.1 cm³/mol. The number of carbonyl (C=O) groups is 2. The average Bonchev–Trinajstić information content (AvgIpc) is 2.38. The van der Waals surface area contributed by atoms with E-state index >= 15 is 0 Å². The number of primary amides is 1. The molecule has 0 saturated heterocycles. The molecule has 0 unspecified atom stereocenters. The molecule has 1 rings (SSSR count). The highest BCUT2D eigenvalue weighted by atomic mass is 32.2. The second-order valence-corrected chi connectivity index (χ2v) is 6.45. The number of nitrogens with two attached hydrogens (primary N) is 1. The van der Waals surface area contributed by atoms with Crippen molar-refractivity contribution in [1.82, 2.24) is 4.31 Å². The molecule has 0 aliphatic heterocycles. The highest BCUT2D eigenvalue weighted by molar-refractivity contribution is 7.89. The minimum absolute atomic E-state index is 0.103. The minimum atomic E-state index is -3.90. The van der Waals surface area contributed by atoms with Gasteiger partial charge in [0.1, 0.15) is 6.54 Å². The lowest BCUT2D eigenvalue weighted by atomic mass is 10.1. The van der Waals surface area contributed by atoms with E-state index in [1.165, 1.54) is 25.2 Å². The summed E-state index contributed by atoms with van der Waals surface area (Å²) < 4.78 is 30.2. The highest BCUT2D eigenvalue weighted by Gasteiger charge is 2.24. The first-order valence-corrected chi connectivity index (χ1v) is 7.66. The van der Waals surface area contributed by atoms with Crippen LogP contribution in [0.2, 0.25) is 0 Å². The van der Waals surface area contributed by atoms with Crippen LogP contribution in [-0.4, -0.2) is 44.8 Å². The maximum Gasteiger partial charge on any atom is 0.321 e. The number of hydrogen-bond acceptors (Lipinski definition) is 5. The number of sulfonamides is 1. The molecule has 116 valence electrons. The van der Waals surface area contributed by atoms with Gasteiger partial charge in [0.25, 0.3) is 0 Å². The lowest BCUT2D eigenvalue weighted by molar-refractivity contribution is -0.143. The molecule has 0 bridgehead atoms. The summed E-state index contributed by atoms with van der Waals surface area (Å²) >= 11 is 0. The normalized spacial score (nSPS) is 11.4. The van der Waals surface area contributed by atoms with Crippen LogP contribution in [0.5, 0.6) is 0 Å². The van der Waals surface area contributed by atoms with Crippen molar-refractivity contribution in [1.29, 1.82) is 0 Å². The van der Waals surface area contributed by atoms with Gasteiger partial charge in [-0.05, 0) is 31.5 Å². The van der Waals surface area contributed by atoms with Gasteiger partial charge in [0, 0.05) is 12.6 Å². The first kappa shape index (κ1) is 17.1. The third-order valence-electron chi connectivity index (χ3n) is 2.84. The van der Waals surface area contributed by atoms with Crippen molar-refractivity contribution in [3.05, 3.63) is 29.3 Å². The highest BCUT2D eigenvalue weighted by Crippen LogP contribution is 2.18. The summed E-state index contributed by atoms with van der Waals surface area (Å²) in [4.78, 5) is 22.5. The molecule has 0 atom stereocenters. The molecular formula is C13H18N2O5S. The van der Waals surface area contributed by atoms with Crippen molar-refractivity contribution in [2.24, 2.45) is 5.73 Å². The van der Waals surface area contributed by atoms with Crippen LogP contribution in [0.4, 0.5) is 0 Å².